The standard InChI is InChI=1S/C16H20BrN3O3/c1-19(8-11-3-2-4-14(11)21)16(22)15-6-5-13(23-15)10-20-9-12(17)7-18-20/h5-7,9,11,14,21H,2-4,8,10H2,1H3/t11-,14+/m1/s1. The van der Waals surface area contributed by atoms with E-state index in [0.29, 0.717) is 24.6 Å². The number of hydrogen-bond donors (Lipinski definition) is 1. The van der Waals surface area contributed by atoms with Crippen molar-refractivity contribution < 1.29 is 14.3 Å². The minimum absolute atomic E-state index is 0.156. The molecule has 1 saturated carbocycles. The third-order valence-electron chi connectivity index (χ3n) is 4.27. The molecular weight excluding hydrogens is 362 g/mol. The Bertz CT molecular complexity index is 682. The topological polar surface area (TPSA) is 71.5 Å². The molecule has 2 aromatic heterocycles. The molecule has 23 heavy (non-hydrogen) atoms. The highest BCUT2D eigenvalue weighted by atomic mass is 79.9. The van der Waals surface area contributed by atoms with E-state index in [9.17, 15) is 9.90 Å². The van der Waals surface area contributed by atoms with Gasteiger partial charge in [0, 0.05) is 25.7 Å². The predicted octanol–water partition coefficient (Wildman–Crippen LogP) is 2.52. The van der Waals surface area contributed by atoms with Crippen LogP contribution in [-0.4, -0.2) is 45.4 Å². The van der Waals surface area contributed by atoms with Gasteiger partial charge in [0.15, 0.2) is 5.76 Å². The second-order valence-corrected chi connectivity index (χ2v) is 6.98. The monoisotopic (exact) mass is 381 g/mol. The molecule has 124 valence electrons. The first-order valence-electron chi connectivity index (χ1n) is 7.73. The molecule has 1 aliphatic rings. The second-order valence-electron chi connectivity index (χ2n) is 6.07. The minimum atomic E-state index is -0.296. The Labute approximate surface area is 143 Å². The van der Waals surface area contributed by atoms with Crippen LogP contribution in [0.4, 0.5) is 0 Å². The fourth-order valence-electron chi connectivity index (χ4n) is 3.02. The smallest absolute Gasteiger partial charge is 0.289 e. The zero-order chi connectivity index (χ0) is 16.4. The SMILES string of the molecule is CN(C[C@H]1CCC[C@@H]1O)C(=O)c1ccc(Cn2cc(Br)cn2)o1. The van der Waals surface area contributed by atoms with Gasteiger partial charge >= 0.3 is 0 Å². The Morgan fingerprint density at radius 3 is 3.00 bits per heavy atom. The molecule has 7 heteroatoms. The first-order chi connectivity index (χ1) is 11.0. The molecule has 1 fully saturated rings. The normalized spacial score (nSPS) is 20.8. The number of carbonyl (C=O) groups excluding carboxylic acids is 1. The van der Waals surface area contributed by atoms with E-state index in [-0.39, 0.29) is 17.9 Å². The first kappa shape index (κ1) is 16.3. The van der Waals surface area contributed by atoms with E-state index in [2.05, 4.69) is 21.0 Å². The average Bonchev–Trinajstić information content (AvgIpc) is 3.23. The van der Waals surface area contributed by atoms with Crippen LogP contribution >= 0.6 is 15.9 Å². The van der Waals surface area contributed by atoms with Crippen molar-refractivity contribution in [3.05, 3.63) is 40.5 Å². The largest absolute Gasteiger partial charge is 0.454 e. The number of aliphatic hydroxyl groups is 1. The Kier molecular flexibility index (Phi) is 4.87. The highest BCUT2D eigenvalue weighted by Gasteiger charge is 2.28. The second kappa shape index (κ2) is 6.88. The van der Waals surface area contributed by atoms with Crippen LogP contribution in [0.2, 0.25) is 0 Å². The summed E-state index contributed by atoms with van der Waals surface area (Å²) in [4.78, 5) is 14.1. The molecule has 1 amide bonds. The lowest BCUT2D eigenvalue weighted by Crippen LogP contribution is -2.34. The summed E-state index contributed by atoms with van der Waals surface area (Å²) < 4.78 is 8.27. The molecule has 2 atom stereocenters. The number of halogens is 1. The van der Waals surface area contributed by atoms with Gasteiger partial charge in [-0.15, -0.1) is 0 Å². The van der Waals surface area contributed by atoms with Gasteiger partial charge in [0.1, 0.15) is 5.76 Å². The summed E-state index contributed by atoms with van der Waals surface area (Å²) in [5.74, 6) is 1.01. The molecule has 0 aliphatic heterocycles. The van der Waals surface area contributed by atoms with E-state index in [4.69, 9.17) is 4.42 Å². The molecule has 2 heterocycles. The molecule has 0 radical (unpaired) electrons. The van der Waals surface area contributed by atoms with Gasteiger partial charge in [0.25, 0.3) is 5.91 Å². The van der Waals surface area contributed by atoms with Crippen LogP contribution in [0.15, 0.2) is 33.4 Å². The number of carbonyl (C=O) groups is 1. The van der Waals surface area contributed by atoms with Gasteiger partial charge in [0.05, 0.1) is 23.3 Å². The van der Waals surface area contributed by atoms with E-state index in [1.54, 1.807) is 35.0 Å². The third kappa shape index (κ3) is 3.84. The number of nitrogens with zero attached hydrogens (tertiary/aromatic N) is 3. The zero-order valence-electron chi connectivity index (χ0n) is 13.0. The Morgan fingerprint density at radius 1 is 1.52 bits per heavy atom. The lowest BCUT2D eigenvalue weighted by molar-refractivity contribution is 0.0663. The lowest BCUT2D eigenvalue weighted by atomic mass is 10.1. The summed E-state index contributed by atoms with van der Waals surface area (Å²) in [6.45, 7) is 1.03. The van der Waals surface area contributed by atoms with E-state index in [1.165, 1.54) is 0 Å². The summed E-state index contributed by atoms with van der Waals surface area (Å²) in [7, 11) is 1.75. The van der Waals surface area contributed by atoms with Crippen molar-refractivity contribution in [3.8, 4) is 0 Å². The van der Waals surface area contributed by atoms with E-state index in [0.717, 1.165) is 23.7 Å². The molecule has 0 bridgehead atoms. The van der Waals surface area contributed by atoms with Gasteiger partial charge in [-0.25, -0.2) is 0 Å². The van der Waals surface area contributed by atoms with Crippen molar-refractivity contribution in [2.75, 3.05) is 13.6 Å². The van der Waals surface area contributed by atoms with Crippen LogP contribution in [-0.2, 0) is 6.54 Å². The quantitative estimate of drug-likeness (QED) is 0.863. The number of aliphatic hydroxyl groups excluding tert-OH is 1. The highest BCUT2D eigenvalue weighted by Crippen LogP contribution is 2.26. The number of amides is 1. The maximum Gasteiger partial charge on any atom is 0.289 e. The number of rotatable bonds is 5. The van der Waals surface area contributed by atoms with Crippen molar-refractivity contribution in [3.63, 3.8) is 0 Å². The molecule has 1 N–H and O–H groups in total. The van der Waals surface area contributed by atoms with Crippen LogP contribution in [0.3, 0.4) is 0 Å². The summed E-state index contributed by atoms with van der Waals surface area (Å²) in [5.41, 5.74) is 0. The van der Waals surface area contributed by atoms with Crippen molar-refractivity contribution >= 4 is 21.8 Å². The molecule has 0 saturated heterocycles. The Morgan fingerprint density at radius 2 is 2.35 bits per heavy atom. The van der Waals surface area contributed by atoms with Crippen LogP contribution < -0.4 is 0 Å². The summed E-state index contributed by atoms with van der Waals surface area (Å²) in [6.07, 6.45) is 6.08. The molecule has 1 aliphatic carbocycles. The van der Waals surface area contributed by atoms with Crippen molar-refractivity contribution in [2.45, 2.75) is 31.9 Å². The van der Waals surface area contributed by atoms with Crippen LogP contribution in [0, 0.1) is 5.92 Å². The summed E-state index contributed by atoms with van der Waals surface area (Å²) in [5, 5.41) is 14.0. The number of furan rings is 1. The molecule has 0 aromatic carbocycles. The predicted molar refractivity (Wildman–Crippen MR) is 88.0 cm³/mol. The van der Waals surface area contributed by atoms with Crippen LogP contribution in [0.25, 0.3) is 0 Å². The van der Waals surface area contributed by atoms with Gasteiger partial charge in [-0.2, -0.15) is 5.10 Å². The number of hydrogen-bond acceptors (Lipinski definition) is 4. The van der Waals surface area contributed by atoms with E-state index in [1.807, 2.05) is 6.20 Å². The molecular formula is C16H20BrN3O3. The summed E-state index contributed by atoms with van der Waals surface area (Å²) >= 11 is 3.34. The zero-order valence-corrected chi connectivity index (χ0v) is 14.6. The average molecular weight is 382 g/mol. The van der Waals surface area contributed by atoms with E-state index >= 15 is 0 Å². The minimum Gasteiger partial charge on any atom is -0.454 e. The maximum absolute atomic E-state index is 12.4. The molecule has 2 aromatic rings. The van der Waals surface area contributed by atoms with Gasteiger partial charge in [-0.05, 0) is 40.9 Å². The van der Waals surface area contributed by atoms with Crippen LogP contribution in [0.5, 0.6) is 0 Å². The van der Waals surface area contributed by atoms with Crippen molar-refractivity contribution in [1.29, 1.82) is 0 Å². The third-order valence-corrected chi connectivity index (χ3v) is 4.68. The number of aromatic nitrogens is 2. The molecule has 3 rings (SSSR count). The fraction of sp³-hybridized carbons (Fsp3) is 0.500. The van der Waals surface area contributed by atoms with Crippen molar-refractivity contribution in [2.24, 2.45) is 5.92 Å². The fourth-order valence-corrected chi connectivity index (χ4v) is 3.34. The lowest BCUT2D eigenvalue weighted by Gasteiger charge is -2.22. The Balaban J connectivity index is 1.61. The first-order valence-corrected chi connectivity index (χ1v) is 8.52. The van der Waals surface area contributed by atoms with Gasteiger partial charge < -0.3 is 14.4 Å². The van der Waals surface area contributed by atoms with Gasteiger partial charge in [-0.1, -0.05) is 6.42 Å². The van der Waals surface area contributed by atoms with Crippen LogP contribution in [0.1, 0.15) is 35.6 Å². The Hall–Kier alpha value is -1.60. The van der Waals surface area contributed by atoms with Gasteiger partial charge in [-0.3, -0.25) is 9.48 Å². The summed E-state index contributed by atoms with van der Waals surface area (Å²) in [6, 6.07) is 3.48. The molecule has 6 nitrogen and oxygen atoms in total. The maximum atomic E-state index is 12.4. The molecule has 0 spiro atoms. The molecule has 0 unspecified atom stereocenters. The van der Waals surface area contributed by atoms with Crippen molar-refractivity contribution in [1.82, 2.24) is 14.7 Å². The van der Waals surface area contributed by atoms with Gasteiger partial charge in [0.2, 0.25) is 0 Å². The highest BCUT2D eigenvalue weighted by molar-refractivity contribution is 9.10. The van der Waals surface area contributed by atoms with E-state index < -0.39 is 0 Å².